The van der Waals surface area contributed by atoms with Gasteiger partial charge in [-0.2, -0.15) is 5.10 Å². The summed E-state index contributed by atoms with van der Waals surface area (Å²) in [6, 6.07) is 0.0283. The number of aromatic amines is 1. The second kappa shape index (κ2) is 6.60. The summed E-state index contributed by atoms with van der Waals surface area (Å²) in [4.78, 5) is 18.5. The number of nitrogens with zero attached hydrogens (tertiary/aromatic N) is 3. The molecule has 22 heavy (non-hydrogen) atoms. The molecule has 0 saturated carbocycles. The van der Waals surface area contributed by atoms with Crippen LogP contribution in [0.25, 0.3) is 0 Å². The van der Waals surface area contributed by atoms with E-state index in [-0.39, 0.29) is 11.9 Å². The number of carbonyl (C=O) groups excluding carboxylic acids is 1. The highest BCUT2D eigenvalue weighted by Gasteiger charge is 2.21. The second-order valence-electron chi connectivity index (χ2n) is 5.89. The first-order valence-corrected chi connectivity index (χ1v) is 8.75. The second-order valence-corrected chi connectivity index (χ2v) is 6.81. The quantitative estimate of drug-likeness (QED) is 0.922. The molecule has 1 aliphatic rings. The van der Waals surface area contributed by atoms with Gasteiger partial charge in [0, 0.05) is 37.2 Å². The lowest BCUT2D eigenvalue weighted by atomic mass is 9.94. The molecule has 3 rings (SSSR count). The van der Waals surface area contributed by atoms with Gasteiger partial charge in [-0.05, 0) is 38.2 Å². The Labute approximate surface area is 134 Å². The predicted molar refractivity (Wildman–Crippen MR) is 86.8 cm³/mol. The molecular formula is C16H22N4OS. The largest absolute Gasteiger partial charge is 0.337 e. The van der Waals surface area contributed by atoms with E-state index in [1.54, 1.807) is 22.4 Å². The first-order valence-electron chi connectivity index (χ1n) is 7.87. The molecule has 5 nitrogen and oxygen atoms in total. The number of amides is 1. The van der Waals surface area contributed by atoms with Gasteiger partial charge in [0.15, 0.2) is 0 Å². The molecule has 0 fully saturated rings. The van der Waals surface area contributed by atoms with Crippen molar-refractivity contribution in [2.45, 2.75) is 51.5 Å². The van der Waals surface area contributed by atoms with Crippen LogP contribution >= 0.6 is 11.3 Å². The number of hydrogen-bond donors (Lipinski definition) is 1. The number of aromatic nitrogens is 3. The molecule has 0 saturated heterocycles. The Morgan fingerprint density at radius 1 is 1.45 bits per heavy atom. The van der Waals surface area contributed by atoms with Crippen molar-refractivity contribution in [3.63, 3.8) is 0 Å². The number of carbonyl (C=O) groups is 1. The Morgan fingerprint density at radius 2 is 2.27 bits per heavy atom. The van der Waals surface area contributed by atoms with Crippen molar-refractivity contribution in [2.24, 2.45) is 0 Å². The van der Waals surface area contributed by atoms with Crippen molar-refractivity contribution in [1.29, 1.82) is 0 Å². The Hall–Kier alpha value is -1.69. The third-order valence-electron chi connectivity index (χ3n) is 4.50. The minimum Gasteiger partial charge on any atom is -0.337 e. The molecule has 6 heteroatoms. The highest BCUT2D eigenvalue weighted by molar-refractivity contribution is 7.09. The summed E-state index contributed by atoms with van der Waals surface area (Å²) in [5.41, 5.74) is 3.71. The highest BCUT2D eigenvalue weighted by atomic mass is 32.1. The van der Waals surface area contributed by atoms with Crippen LogP contribution in [0, 0.1) is 0 Å². The molecule has 0 bridgehead atoms. The molecular weight excluding hydrogens is 296 g/mol. The number of hydrogen-bond acceptors (Lipinski definition) is 4. The maximum atomic E-state index is 12.4. The van der Waals surface area contributed by atoms with E-state index < -0.39 is 0 Å². The van der Waals surface area contributed by atoms with Crippen LogP contribution in [0.15, 0.2) is 11.6 Å². The van der Waals surface area contributed by atoms with Crippen molar-refractivity contribution in [2.75, 3.05) is 7.05 Å². The Morgan fingerprint density at radius 3 is 3.05 bits per heavy atom. The standard InChI is InChI=1S/C16H22N4OS/c1-11(16-17-9-10-22-16)20(2)15(21)8-7-14-12-5-3-4-6-13(12)18-19-14/h9-11H,3-8H2,1-2H3,(H,18,19)/t11-/m1/s1. The number of nitrogens with one attached hydrogen (secondary N) is 1. The van der Waals surface area contributed by atoms with E-state index in [2.05, 4.69) is 15.2 Å². The van der Waals surface area contributed by atoms with Crippen LogP contribution in [0.3, 0.4) is 0 Å². The summed E-state index contributed by atoms with van der Waals surface area (Å²) in [5, 5.41) is 10.5. The van der Waals surface area contributed by atoms with Gasteiger partial charge in [-0.15, -0.1) is 11.3 Å². The van der Waals surface area contributed by atoms with Gasteiger partial charge in [-0.3, -0.25) is 9.89 Å². The predicted octanol–water partition coefficient (Wildman–Crippen LogP) is 2.90. The third kappa shape index (κ3) is 3.06. The average Bonchev–Trinajstić information content (AvgIpc) is 3.21. The zero-order valence-corrected chi connectivity index (χ0v) is 13.9. The van der Waals surface area contributed by atoms with E-state index in [1.807, 2.05) is 19.4 Å². The van der Waals surface area contributed by atoms with Gasteiger partial charge in [0.1, 0.15) is 5.01 Å². The van der Waals surface area contributed by atoms with Crippen LogP contribution in [-0.4, -0.2) is 33.0 Å². The lowest BCUT2D eigenvalue weighted by Gasteiger charge is -2.23. The summed E-state index contributed by atoms with van der Waals surface area (Å²) in [6.07, 6.45) is 7.67. The normalized spacial score (nSPS) is 15.4. The van der Waals surface area contributed by atoms with Crippen molar-refractivity contribution < 1.29 is 4.79 Å². The van der Waals surface area contributed by atoms with Crippen LogP contribution in [0.5, 0.6) is 0 Å². The SMILES string of the molecule is C[C@H](c1nccs1)N(C)C(=O)CCc1n[nH]c2c1CCCC2. The minimum atomic E-state index is 0.0283. The lowest BCUT2D eigenvalue weighted by Crippen LogP contribution is -2.29. The van der Waals surface area contributed by atoms with E-state index in [9.17, 15) is 4.79 Å². The molecule has 2 aromatic rings. The maximum absolute atomic E-state index is 12.4. The number of thiazole rings is 1. The number of rotatable bonds is 5. The minimum absolute atomic E-state index is 0.0283. The smallest absolute Gasteiger partial charge is 0.223 e. The maximum Gasteiger partial charge on any atom is 0.223 e. The zero-order valence-electron chi connectivity index (χ0n) is 13.1. The van der Waals surface area contributed by atoms with Gasteiger partial charge in [0.2, 0.25) is 5.91 Å². The molecule has 118 valence electrons. The van der Waals surface area contributed by atoms with Gasteiger partial charge in [-0.25, -0.2) is 4.98 Å². The molecule has 0 aliphatic heterocycles. The molecule has 0 unspecified atom stereocenters. The molecule has 0 spiro atoms. The van der Waals surface area contributed by atoms with Gasteiger partial charge < -0.3 is 4.90 Å². The first-order chi connectivity index (χ1) is 10.7. The fourth-order valence-corrected chi connectivity index (χ4v) is 3.72. The highest BCUT2D eigenvalue weighted by Crippen LogP contribution is 2.24. The fraction of sp³-hybridized carbons (Fsp3) is 0.562. The Balaban J connectivity index is 1.59. The summed E-state index contributed by atoms with van der Waals surface area (Å²) >= 11 is 1.59. The molecule has 1 atom stereocenters. The summed E-state index contributed by atoms with van der Waals surface area (Å²) < 4.78 is 0. The van der Waals surface area contributed by atoms with E-state index in [0.717, 1.165) is 30.0 Å². The summed E-state index contributed by atoms with van der Waals surface area (Å²) in [7, 11) is 1.86. The van der Waals surface area contributed by atoms with E-state index in [4.69, 9.17) is 0 Å². The van der Waals surface area contributed by atoms with Crippen LogP contribution < -0.4 is 0 Å². The van der Waals surface area contributed by atoms with Crippen molar-refractivity contribution in [1.82, 2.24) is 20.1 Å². The van der Waals surface area contributed by atoms with Crippen molar-refractivity contribution in [3.05, 3.63) is 33.5 Å². The number of aryl methyl sites for hydroxylation is 2. The molecule has 0 aromatic carbocycles. The van der Waals surface area contributed by atoms with E-state index >= 15 is 0 Å². The van der Waals surface area contributed by atoms with Crippen molar-refractivity contribution in [3.8, 4) is 0 Å². The summed E-state index contributed by atoms with van der Waals surface area (Å²) in [5.74, 6) is 0.148. The lowest BCUT2D eigenvalue weighted by molar-refractivity contribution is -0.131. The Kier molecular flexibility index (Phi) is 4.57. The van der Waals surface area contributed by atoms with Crippen LogP contribution in [0.4, 0.5) is 0 Å². The van der Waals surface area contributed by atoms with Crippen LogP contribution in [-0.2, 0) is 24.1 Å². The molecule has 0 radical (unpaired) electrons. The third-order valence-corrected chi connectivity index (χ3v) is 5.45. The van der Waals surface area contributed by atoms with Crippen LogP contribution in [0.1, 0.15) is 54.2 Å². The van der Waals surface area contributed by atoms with Crippen molar-refractivity contribution >= 4 is 17.2 Å². The number of fused-ring (bicyclic) bond motifs is 1. The van der Waals surface area contributed by atoms with Gasteiger partial charge in [0.05, 0.1) is 11.7 Å². The fourth-order valence-electron chi connectivity index (χ4n) is 2.98. The monoisotopic (exact) mass is 318 g/mol. The van der Waals surface area contributed by atoms with E-state index in [0.29, 0.717) is 6.42 Å². The molecule has 2 heterocycles. The molecule has 1 aliphatic carbocycles. The summed E-state index contributed by atoms with van der Waals surface area (Å²) in [6.45, 7) is 2.02. The van der Waals surface area contributed by atoms with E-state index in [1.165, 1.54) is 24.1 Å². The molecule has 1 N–H and O–H groups in total. The van der Waals surface area contributed by atoms with Crippen LogP contribution in [0.2, 0.25) is 0 Å². The van der Waals surface area contributed by atoms with Gasteiger partial charge in [-0.1, -0.05) is 0 Å². The van der Waals surface area contributed by atoms with Gasteiger partial charge >= 0.3 is 0 Å². The molecule has 2 aromatic heterocycles. The average molecular weight is 318 g/mol. The molecule has 1 amide bonds. The van der Waals surface area contributed by atoms with Gasteiger partial charge in [0.25, 0.3) is 0 Å². The topological polar surface area (TPSA) is 61.9 Å². The number of H-pyrrole nitrogens is 1. The Bertz CT molecular complexity index is 635. The first kappa shape index (κ1) is 15.2. The zero-order chi connectivity index (χ0) is 15.5.